The highest BCUT2D eigenvalue weighted by Gasteiger charge is 2.68. The zero-order valence-electron chi connectivity index (χ0n) is 21.9. The summed E-state index contributed by atoms with van der Waals surface area (Å²) in [6.07, 6.45) is 15.5. The van der Waals surface area contributed by atoms with E-state index in [1.165, 1.54) is 38.5 Å². The van der Waals surface area contributed by atoms with Crippen LogP contribution in [-0.2, 0) is 4.79 Å². The third-order valence-corrected chi connectivity index (χ3v) is 12.8. The summed E-state index contributed by atoms with van der Waals surface area (Å²) in [5.41, 5.74) is 2.62. The molecule has 0 spiro atoms. The Kier molecular flexibility index (Phi) is 4.78. The van der Waals surface area contributed by atoms with Crippen molar-refractivity contribution in [3.8, 4) is 0 Å². The van der Waals surface area contributed by atoms with Gasteiger partial charge in [0, 0.05) is 0 Å². The molecule has 7 atom stereocenters. The predicted octanol–water partition coefficient (Wildman–Crippen LogP) is 8.26. The maximum absolute atomic E-state index is 12.7. The van der Waals surface area contributed by atoms with Gasteiger partial charge in [-0.1, -0.05) is 66.5 Å². The van der Waals surface area contributed by atoms with Crippen LogP contribution in [0.1, 0.15) is 119 Å². The molecule has 1 N–H and O–H groups in total. The number of allylic oxidation sites excluding steroid dienone is 2. The monoisotopic (exact) mass is 440 g/mol. The van der Waals surface area contributed by atoms with Crippen LogP contribution >= 0.6 is 0 Å². The van der Waals surface area contributed by atoms with E-state index < -0.39 is 11.4 Å². The molecule has 0 heterocycles. The second-order valence-corrected chi connectivity index (χ2v) is 15.0. The number of carbonyl (C=O) groups is 1. The molecule has 4 fully saturated rings. The number of hydrogen-bond donors (Lipinski definition) is 1. The highest BCUT2D eigenvalue weighted by Crippen LogP contribution is 2.75. The Morgan fingerprint density at radius 1 is 0.875 bits per heavy atom. The molecule has 5 aliphatic rings. The highest BCUT2D eigenvalue weighted by atomic mass is 16.4. The van der Waals surface area contributed by atoms with Crippen molar-refractivity contribution in [1.29, 1.82) is 0 Å². The number of carboxylic acid groups (broad SMARTS) is 1. The predicted molar refractivity (Wildman–Crippen MR) is 131 cm³/mol. The Morgan fingerprint density at radius 2 is 1.56 bits per heavy atom. The minimum absolute atomic E-state index is 0.155. The Bertz CT molecular complexity index is 851. The smallest absolute Gasteiger partial charge is 0.310 e. The number of aliphatic carboxylic acids is 1. The van der Waals surface area contributed by atoms with E-state index in [2.05, 4.69) is 54.5 Å². The van der Waals surface area contributed by atoms with Crippen LogP contribution in [0.4, 0.5) is 0 Å². The molecular weight excluding hydrogens is 392 g/mol. The first-order valence-electron chi connectivity index (χ1n) is 13.7. The van der Waals surface area contributed by atoms with Gasteiger partial charge in [0.15, 0.2) is 0 Å². The molecule has 2 unspecified atom stereocenters. The van der Waals surface area contributed by atoms with Gasteiger partial charge in [-0.3, -0.25) is 4.79 Å². The van der Waals surface area contributed by atoms with E-state index in [0.717, 1.165) is 43.9 Å². The first kappa shape index (κ1) is 23.0. The lowest BCUT2D eigenvalue weighted by Gasteiger charge is -2.70. The van der Waals surface area contributed by atoms with Gasteiger partial charge in [-0.2, -0.15) is 0 Å². The van der Waals surface area contributed by atoms with Gasteiger partial charge in [0.2, 0.25) is 0 Å². The molecule has 180 valence electrons. The maximum Gasteiger partial charge on any atom is 0.310 e. The van der Waals surface area contributed by atoms with Crippen LogP contribution in [0.3, 0.4) is 0 Å². The third-order valence-electron chi connectivity index (χ3n) is 12.8. The Hall–Kier alpha value is -0.790. The number of carboxylic acids is 1. The summed E-state index contributed by atoms with van der Waals surface area (Å²) in [4.78, 5) is 12.7. The lowest BCUT2D eigenvalue weighted by Crippen LogP contribution is -2.63. The average Bonchev–Trinajstić information content (AvgIpc) is 2.67. The van der Waals surface area contributed by atoms with E-state index in [0.29, 0.717) is 16.2 Å². The van der Waals surface area contributed by atoms with Crippen LogP contribution in [-0.4, -0.2) is 11.1 Å². The molecule has 0 amide bonds. The van der Waals surface area contributed by atoms with Crippen molar-refractivity contribution in [1.82, 2.24) is 0 Å². The SMILES string of the molecule is CC1(C)CC[C@]2(C(=O)O)CC[C@]3(C)C(=CCC4[C@@]5(C)CCCC(C)(C)C5CC[C@]43C)[C@@H]2C1. The second kappa shape index (κ2) is 6.66. The van der Waals surface area contributed by atoms with Crippen molar-refractivity contribution in [2.45, 2.75) is 119 Å². The van der Waals surface area contributed by atoms with E-state index in [4.69, 9.17) is 0 Å². The molecule has 0 radical (unpaired) electrons. The van der Waals surface area contributed by atoms with Gasteiger partial charge in [-0.25, -0.2) is 0 Å². The van der Waals surface area contributed by atoms with Gasteiger partial charge in [0.25, 0.3) is 0 Å². The number of hydrogen-bond acceptors (Lipinski definition) is 1. The summed E-state index contributed by atoms with van der Waals surface area (Å²) in [6, 6.07) is 0. The van der Waals surface area contributed by atoms with E-state index in [-0.39, 0.29) is 16.7 Å². The molecule has 2 heteroatoms. The van der Waals surface area contributed by atoms with Gasteiger partial charge < -0.3 is 5.11 Å². The van der Waals surface area contributed by atoms with Crippen molar-refractivity contribution < 1.29 is 9.90 Å². The maximum atomic E-state index is 12.7. The summed E-state index contributed by atoms with van der Waals surface area (Å²) in [7, 11) is 0. The Balaban J connectivity index is 1.60. The zero-order chi connectivity index (χ0) is 23.4. The summed E-state index contributed by atoms with van der Waals surface area (Å²) in [5.74, 6) is 1.28. The molecule has 5 aliphatic carbocycles. The van der Waals surface area contributed by atoms with Gasteiger partial charge in [-0.05, 0) is 109 Å². The fourth-order valence-electron chi connectivity index (χ4n) is 10.7. The fourth-order valence-corrected chi connectivity index (χ4v) is 10.7. The Morgan fingerprint density at radius 3 is 2.25 bits per heavy atom. The van der Waals surface area contributed by atoms with Crippen molar-refractivity contribution in [2.24, 2.45) is 50.2 Å². The standard InChI is InChI=1S/C30H48O2/c1-25(2)15-17-30(24(31)32)18-16-28(6)20(21(30)19-25)9-10-23-27(5)13-8-12-26(3,4)22(27)11-14-29(23,28)7/h9,21-23H,8,10-19H2,1-7H3,(H,31,32)/t21-,22?,23?,27-,28+,29+,30-/m0/s1. The molecule has 2 nitrogen and oxygen atoms in total. The summed E-state index contributed by atoms with van der Waals surface area (Å²) in [6.45, 7) is 17.7. The molecule has 0 bridgehead atoms. The van der Waals surface area contributed by atoms with Crippen molar-refractivity contribution >= 4 is 5.97 Å². The topological polar surface area (TPSA) is 37.3 Å². The van der Waals surface area contributed by atoms with E-state index in [9.17, 15) is 9.90 Å². The molecule has 0 aliphatic heterocycles. The van der Waals surface area contributed by atoms with Crippen molar-refractivity contribution in [3.63, 3.8) is 0 Å². The van der Waals surface area contributed by atoms with Gasteiger partial charge in [0.05, 0.1) is 5.41 Å². The number of rotatable bonds is 1. The molecular formula is C30H48O2. The third kappa shape index (κ3) is 2.73. The van der Waals surface area contributed by atoms with Gasteiger partial charge in [-0.15, -0.1) is 0 Å². The minimum atomic E-state index is -0.516. The highest BCUT2D eigenvalue weighted by molar-refractivity contribution is 5.76. The van der Waals surface area contributed by atoms with E-state index in [1.54, 1.807) is 5.57 Å². The average molecular weight is 441 g/mol. The summed E-state index contributed by atoms with van der Waals surface area (Å²) < 4.78 is 0. The van der Waals surface area contributed by atoms with Crippen molar-refractivity contribution in [3.05, 3.63) is 11.6 Å². The summed E-state index contributed by atoms with van der Waals surface area (Å²) in [5, 5.41) is 10.5. The molecule has 5 rings (SSSR count). The van der Waals surface area contributed by atoms with Gasteiger partial charge in [0.1, 0.15) is 0 Å². The summed E-state index contributed by atoms with van der Waals surface area (Å²) >= 11 is 0. The van der Waals surface area contributed by atoms with E-state index >= 15 is 0 Å². The Labute approximate surface area is 197 Å². The lowest BCUT2D eigenvalue weighted by atomic mass is 9.33. The lowest BCUT2D eigenvalue weighted by molar-refractivity contribution is -0.187. The molecule has 4 saturated carbocycles. The fraction of sp³-hybridized carbons (Fsp3) is 0.900. The molecule has 0 aromatic carbocycles. The van der Waals surface area contributed by atoms with Crippen LogP contribution in [0.2, 0.25) is 0 Å². The van der Waals surface area contributed by atoms with Crippen molar-refractivity contribution in [2.75, 3.05) is 0 Å². The zero-order valence-corrected chi connectivity index (χ0v) is 21.9. The largest absolute Gasteiger partial charge is 0.481 e. The molecule has 0 aromatic rings. The van der Waals surface area contributed by atoms with Crippen LogP contribution < -0.4 is 0 Å². The van der Waals surface area contributed by atoms with E-state index in [1.807, 2.05) is 0 Å². The molecule has 32 heavy (non-hydrogen) atoms. The molecule has 0 aromatic heterocycles. The van der Waals surface area contributed by atoms with Crippen LogP contribution in [0, 0.1) is 50.2 Å². The molecule has 0 saturated heterocycles. The first-order valence-corrected chi connectivity index (χ1v) is 13.7. The normalized spacial score (nSPS) is 51.3. The van der Waals surface area contributed by atoms with Crippen LogP contribution in [0.25, 0.3) is 0 Å². The quantitative estimate of drug-likeness (QED) is 0.417. The van der Waals surface area contributed by atoms with Crippen LogP contribution in [0.5, 0.6) is 0 Å². The first-order chi connectivity index (χ1) is 14.7. The number of fused-ring (bicyclic) bond motifs is 7. The van der Waals surface area contributed by atoms with Crippen LogP contribution in [0.15, 0.2) is 11.6 Å². The van der Waals surface area contributed by atoms with Gasteiger partial charge >= 0.3 is 5.97 Å². The second-order valence-electron chi connectivity index (χ2n) is 15.0. The minimum Gasteiger partial charge on any atom is -0.481 e.